The maximum Gasteiger partial charge on any atom is 0.306 e. The van der Waals surface area contributed by atoms with E-state index in [9.17, 15) is 9.59 Å². The van der Waals surface area contributed by atoms with Crippen molar-refractivity contribution in [2.24, 2.45) is 5.92 Å². The Kier molecular flexibility index (Phi) is 10.6. The third kappa shape index (κ3) is 9.90. The molecule has 0 bridgehead atoms. The number of hydrogen-bond acceptors (Lipinski definition) is 4. The summed E-state index contributed by atoms with van der Waals surface area (Å²) in [6.07, 6.45) is 4.53. The maximum atomic E-state index is 12.0. The van der Waals surface area contributed by atoms with Gasteiger partial charge in [0.25, 0.3) is 0 Å². The van der Waals surface area contributed by atoms with E-state index in [0.29, 0.717) is 38.2 Å². The molecule has 0 radical (unpaired) electrons. The van der Waals surface area contributed by atoms with Crippen LogP contribution in [0.4, 0.5) is 0 Å². The Hall–Kier alpha value is -1.84. The molecule has 0 amide bonds. The van der Waals surface area contributed by atoms with Gasteiger partial charge in [-0.15, -0.1) is 0 Å². The van der Waals surface area contributed by atoms with E-state index in [0.717, 1.165) is 24.8 Å². The van der Waals surface area contributed by atoms with Crippen molar-refractivity contribution in [1.82, 2.24) is 0 Å². The molecular formula is C21H32O4. The summed E-state index contributed by atoms with van der Waals surface area (Å²) in [7, 11) is 0. The molecular weight excluding hydrogens is 316 g/mol. The Morgan fingerprint density at radius 1 is 0.960 bits per heavy atom. The third-order valence-corrected chi connectivity index (χ3v) is 4.02. The number of benzene rings is 1. The molecule has 1 rings (SSSR count). The van der Waals surface area contributed by atoms with Gasteiger partial charge in [-0.2, -0.15) is 0 Å². The second-order valence-electron chi connectivity index (χ2n) is 6.76. The van der Waals surface area contributed by atoms with E-state index in [-0.39, 0.29) is 18.0 Å². The van der Waals surface area contributed by atoms with Crippen LogP contribution in [0.15, 0.2) is 30.3 Å². The Balaban J connectivity index is 2.14. The molecule has 1 atom stereocenters. The van der Waals surface area contributed by atoms with Crippen molar-refractivity contribution in [3.05, 3.63) is 35.9 Å². The first-order valence-corrected chi connectivity index (χ1v) is 9.43. The number of ether oxygens (including phenoxy) is 2. The first kappa shape index (κ1) is 21.2. The summed E-state index contributed by atoms with van der Waals surface area (Å²) >= 11 is 0. The first-order chi connectivity index (χ1) is 12.0. The molecule has 0 aliphatic rings. The summed E-state index contributed by atoms with van der Waals surface area (Å²) in [6, 6.07) is 9.77. The summed E-state index contributed by atoms with van der Waals surface area (Å²) in [5.41, 5.74) is 1.02. The Morgan fingerprint density at radius 2 is 1.60 bits per heavy atom. The third-order valence-electron chi connectivity index (χ3n) is 4.02. The van der Waals surface area contributed by atoms with Gasteiger partial charge in [-0.25, -0.2) is 0 Å². The molecule has 1 aromatic rings. The second-order valence-corrected chi connectivity index (χ2v) is 6.76. The van der Waals surface area contributed by atoms with Crippen LogP contribution >= 0.6 is 0 Å². The lowest BCUT2D eigenvalue weighted by molar-refractivity contribution is -0.150. The number of unbranched alkanes of at least 4 members (excludes halogenated alkanes) is 1. The quantitative estimate of drug-likeness (QED) is 0.384. The molecule has 0 saturated carbocycles. The predicted octanol–water partition coefficient (Wildman–Crippen LogP) is 5.22. The SMILES string of the molecule is CCC(OC(=O)CCCCC(=O)OCCCC(C)C)c1ccccc1. The molecule has 0 aliphatic heterocycles. The van der Waals surface area contributed by atoms with Gasteiger partial charge in [-0.1, -0.05) is 51.1 Å². The fourth-order valence-corrected chi connectivity index (χ4v) is 2.56. The highest BCUT2D eigenvalue weighted by molar-refractivity contribution is 5.70. The van der Waals surface area contributed by atoms with E-state index in [1.165, 1.54) is 0 Å². The standard InChI is InChI=1S/C21H32O4/c1-4-19(18-12-6-5-7-13-18)25-21(23)15-9-8-14-20(22)24-16-10-11-17(2)3/h5-7,12-13,17,19H,4,8-11,14-16H2,1-3H3. The molecule has 0 aromatic heterocycles. The Labute approximate surface area is 151 Å². The van der Waals surface area contributed by atoms with Crippen molar-refractivity contribution in [1.29, 1.82) is 0 Å². The van der Waals surface area contributed by atoms with Crippen LogP contribution in [0.25, 0.3) is 0 Å². The number of esters is 2. The summed E-state index contributed by atoms with van der Waals surface area (Å²) in [6.45, 7) is 6.80. The monoisotopic (exact) mass is 348 g/mol. The van der Waals surface area contributed by atoms with Crippen LogP contribution in [0.1, 0.15) is 77.4 Å². The van der Waals surface area contributed by atoms with Crippen molar-refractivity contribution in [2.75, 3.05) is 6.61 Å². The van der Waals surface area contributed by atoms with Crippen LogP contribution < -0.4 is 0 Å². The molecule has 0 N–H and O–H groups in total. The van der Waals surface area contributed by atoms with Crippen molar-refractivity contribution >= 4 is 11.9 Å². The van der Waals surface area contributed by atoms with Crippen LogP contribution in [0.2, 0.25) is 0 Å². The molecule has 1 aromatic carbocycles. The minimum absolute atomic E-state index is 0.173. The highest BCUT2D eigenvalue weighted by Gasteiger charge is 2.14. The van der Waals surface area contributed by atoms with Gasteiger partial charge in [0.1, 0.15) is 6.10 Å². The molecule has 1 unspecified atom stereocenters. The lowest BCUT2D eigenvalue weighted by Crippen LogP contribution is -2.11. The normalized spacial score (nSPS) is 12.0. The van der Waals surface area contributed by atoms with Crippen molar-refractivity contribution in [3.8, 4) is 0 Å². The van der Waals surface area contributed by atoms with E-state index < -0.39 is 0 Å². The molecule has 25 heavy (non-hydrogen) atoms. The minimum Gasteiger partial charge on any atom is -0.466 e. The van der Waals surface area contributed by atoms with Gasteiger partial charge < -0.3 is 9.47 Å². The van der Waals surface area contributed by atoms with Crippen LogP contribution in [-0.2, 0) is 19.1 Å². The predicted molar refractivity (Wildman–Crippen MR) is 99.1 cm³/mol. The van der Waals surface area contributed by atoms with E-state index in [1.54, 1.807) is 0 Å². The van der Waals surface area contributed by atoms with E-state index in [1.807, 2.05) is 37.3 Å². The Morgan fingerprint density at radius 3 is 2.20 bits per heavy atom. The topological polar surface area (TPSA) is 52.6 Å². The first-order valence-electron chi connectivity index (χ1n) is 9.43. The van der Waals surface area contributed by atoms with Gasteiger partial charge in [0.05, 0.1) is 6.61 Å². The van der Waals surface area contributed by atoms with Gasteiger partial charge in [-0.05, 0) is 43.6 Å². The largest absolute Gasteiger partial charge is 0.466 e. The zero-order valence-electron chi connectivity index (χ0n) is 15.8. The van der Waals surface area contributed by atoms with Crippen LogP contribution in [0, 0.1) is 5.92 Å². The number of carbonyl (C=O) groups excluding carboxylic acids is 2. The second kappa shape index (κ2) is 12.5. The van der Waals surface area contributed by atoms with Crippen molar-refractivity contribution < 1.29 is 19.1 Å². The molecule has 0 aliphatic carbocycles. The highest BCUT2D eigenvalue weighted by Crippen LogP contribution is 2.21. The van der Waals surface area contributed by atoms with Crippen LogP contribution in [0.3, 0.4) is 0 Å². The highest BCUT2D eigenvalue weighted by atomic mass is 16.5. The molecule has 4 nitrogen and oxygen atoms in total. The van der Waals surface area contributed by atoms with Gasteiger partial charge in [-0.3, -0.25) is 9.59 Å². The van der Waals surface area contributed by atoms with Crippen molar-refractivity contribution in [3.63, 3.8) is 0 Å². The lowest BCUT2D eigenvalue weighted by Gasteiger charge is -2.16. The average Bonchev–Trinajstić information content (AvgIpc) is 2.61. The fraction of sp³-hybridized carbons (Fsp3) is 0.619. The maximum absolute atomic E-state index is 12.0. The molecule has 0 saturated heterocycles. The molecule has 0 spiro atoms. The van der Waals surface area contributed by atoms with Gasteiger partial charge in [0.2, 0.25) is 0 Å². The van der Waals surface area contributed by atoms with Gasteiger partial charge in [0, 0.05) is 12.8 Å². The zero-order valence-corrected chi connectivity index (χ0v) is 15.8. The molecule has 0 heterocycles. The summed E-state index contributed by atoms with van der Waals surface area (Å²) < 4.78 is 10.7. The molecule has 140 valence electrons. The lowest BCUT2D eigenvalue weighted by atomic mass is 10.1. The number of rotatable bonds is 12. The molecule has 0 fully saturated rings. The summed E-state index contributed by atoms with van der Waals surface area (Å²) in [5, 5.41) is 0. The van der Waals surface area contributed by atoms with Crippen LogP contribution in [0.5, 0.6) is 0 Å². The zero-order chi connectivity index (χ0) is 18.5. The number of hydrogen-bond donors (Lipinski definition) is 0. The van der Waals surface area contributed by atoms with E-state index in [2.05, 4.69) is 13.8 Å². The van der Waals surface area contributed by atoms with Crippen molar-refractivity contribution in [2.45, 2.75) is 71.8 Å². The fourth-order valence-electron chi connectivity index (χ4n) is 2.56. The van der Waals surface area contributed by atoms with Gasteiger partial charge >= 0.3 is 11.9 Å². The average molecular weight is 348 g/mol. The van der Waals surface area contributed by atoms with Gasteiger partial charge in [0.15, 0.2) is 0 Å². The van der Waals surface area contributed by atoms with E-state index >= 15 is 0 Å². The van der Waals surface area contributed by atoms with E-state index in [4.69, 9.17) is 9.47 Å². The van der Waals surface area contributed by atoms with Crippen LogP contribution in [-0.4, -0.2) is 18.5 Å². The molecule has 4 heteroatoms. The Bertz CT molecular complexity index is 496. The smallest absolute Gasteiger partial charge is 0.306 e. The summed E-state index contributed by atoms with van der Waals surface area (Å²) in [4.78, 5) is 23.6. The minimum atomic E-state index is -0.207. The number of carbonyl (C=O) groups is 2. The summed E-state index contributed by atoms with van der Waals surface area (Å²) in [5.74, 6) is 0.251.